The summed E-state index contributed by atoms with van der Waals surface area (Å²) in [6, 6.07) is 7.61. The average Bonchev–Trinajstić information content (AvgIpc) is 3.10. The fraction of sp³-hybridized carbons (Fsp3) is 0.600. The Bertz CT molecular complexity index is 623. The summed E-state index contributed by atoms with van der Waals surface area (Å²) < 4.78 is 5.54. The molecular weight excluding hydrogens is 455 g/mol. The SMILES string of the molecule is CCNC(=NCc1cccc(C(=O)NCC2CCCO2)c1)NC(C)(C)C.I. The number of carbonyl (C=O) groups is 1. The molecule has 0 saturated carbocycles. The molecule has 1 aliphatic heterocycles. The molecular formula is C20H33IN4O2. The van der Waals surface area contributed by atoms with Gasteiger partial charge in [-0.2, -0.15) is 0 Å². The second-order valence-electron chi connectivity index (χ2n) is 7.62. The number of amides is 1. The number of rotatable bonds is 6. The van der Waals surface area contributed by atoms with Crippen molar-refractivity contribution < 1.29 is 9.53 Å². The Morgan fingerprint density at radius 1 is 1.30 bits per heavy atom. The molecule has 0 aliphatic carbocycles. The van der Waals surface area contributed by atoms with Gasteiger partial charge < -0.3 is 20.7 Å². The number of hydrogen-bond donors (Lipinski definition) is 3. The Morgan fingerprint density at radius 2 is 2.07 bits per heavy atom. The van der Waals surface area contributed by atoms with Gasteiger partial charge in [0.25, 0.3) is 5.91 Å². The summed E-state index contributed by atoms with van der Waals surface area (Å²) in [6.07, 6.45) is 2.24. The van der Waals surface area contributed by atoms with Crippen LogP contribution in [0.1, 0.15) is 56.5 Å². The summed E-state index contributed by atoms with van der Waals surface area (Å²) in [5.41, 5.74) is 1.59. The minimum absolute atomic E-state index is 0. The van der Waals surface area contributed by atoms with Crippen LogP contribution in [0.15, 0.2) is 29.3 Å². The second kappa shape index (κ2) is 11.5. The van der Waals surface area contributed by atoms with Crippen molar-refractivity contribution in [3.05, 3.63) is 35.4 Å². The minimum atomic E-state index is -0.0644. The van der Waals surface area contributed by atoms with Crippen molar-refractivity contribution in [3.8, 4) is 0 Å². The van der Waals surface area contributed by atoms with Crippen LogP contribution < -0.4 is 16.0 Å². The zero-order valence-corrected chi connectivity index (χ0v) is 19.1. The third kappa shape index (κ3) is 8.92. The standard InChI is InChI=1S/C20H32N4O2.HI/c1-5-21-19(24-20(2,3)4)23-13-15-8-6-9-16(12-15)18(25)22-14-17-10-7-11-26-17;/h6,8-9,12,17H,5,7,10-11,13-14H2,1-4H3,(H,22,25)(H2,21,23,24);1H. The number of ether oxygens (including phenoxy) is 1. The normalized spacial score (nSPS) is 17.2. The largest absolute Gasteiger partial charge is 0.376 e. The zero-order valence-electron chi connectivity index (χ0n) is 16.8. The lowest BCUT2D eigenvalue weighted by Gasteiger charge is -2.23. The lowest BCUT2D eigenvalue weighted by molar-refractivity contribution is 0.0857. The first-order valence-electron chi connectivity index (χ1n) is 9.42. The van der Waals surface area contributed by atoms with Gasteiger partial charge in [-0.3, -0.25) is 4.79 Å². The Morgan fingerprint density at radius 3 is 2.70 bits per heavy atom. The van der Waals surface area contributed by atoms with Gasteiger partial charge >= 0.3 is 0 Å². The summed E-state index contributed by atoms with van der Waals surface area (Å²) in [5.74, 6) is 0.708. The lowest BCUT2D eigenvalue weighted by Crippen LogP contribution is -2.47. The highest BCUT2D eigenvalue weighted by Crippen LogP contribution is 2.11. The highest BCUT2D eigenvalue weighted by Gasteiger charge is 2.17. The van der Waals surface area contributed by atoms with Crippen LogP contribution in [0.3, 0.4) is 0 Å². The van der Waals surface area contributed by atoms with Gasteiger partial charge in [-0.25, -0.2) is 4.99 Å². The average molecular weight is 488 g/mol. The number of aliphatic imine (C=N–C) groups is 1. The van der Waals surface area contributed by atoms with Gasteiger partial charge in [-0.15, -0.1) is 24.0 Å². The lowest BCUT2D eigenvalue weighted by atomic mass is 10.1. The highest BCUT2D eigenvalue weighted by molar-refractivity contribution is 14.0. The van der Waals surface area contributed by atoms with Crippen molar-refractivity contribution in [2.24, 2.45) is 4.99 Å². The third-order valence-electron chi connectivity index (χ3n) is 3.96. The molecule has 27 heavy (non-hydrogen) atoms. The van der Waals surface area contributed by atoms with E-state index >= 15 is 0 Å². The third-order valence-corrected chi connectivity index (χ3v) is 3.96. The van der Waals surface area contributed by atoms with Crippen molar-refractivity contribution in [2.75, 3.05) is 19.7 Å². The van der Waals surface area contributed by atoms with Crippen LogP contribution in [0.5, 0.6) is 0 Å². The van der Waals surface area contributed by atoms with Crippen molar-refractivity contribution >= 4 is 35.8 Å². The molecule has 6 nitrogen and oxygen atoms in total. The predicted octanol–water partition coefficient (Wildman–Crippen LogP) is 3.07. The Hall–Kier alpha value is -1.35. The van der Waals surface area contributed by atoms with E-state index in [4.69, 9.17) is 4.74 Å². The maximum absolute atomic E-state index is 12.4. The predicted molar refractivity (Wildman–Crippen MR) is 121 cm³/mol. The number of guanidine groups is 1. The van der Waals surface area contributed by atoms with Crippen molar-refractivity contribution in [3.63, 3.8) is 0 Å². The molecule has 1 aromatic rings. The molecule has 0 radical (unpaired) electrons. The van der Waals surface area contributed by atoms with E-state index in [-0.39, 0.29) is 41.5 Å². The molecule has 0 bridgehead atoms. The molecule has 1 heterocycles. The fourth-order valence-electron chi connectivity index (χ4n) is 2.76. The van der Waals surface area contributed by atoms with Crippen molar-refractivity contribution in [1.82, 2.24) is 16.0 Å². The van der Waals surface area contributed by atoms with Crippen LogP contribution in [-0.4, -0.2) is 43.2 Å². The molecule has 1 amide bonds. The Labute approximate surface area is 179 Å². The van der Waals surface area contributed by atoms with Crippen LogP contribution in [-0.2, 0) is 11.3 Å². The van der Waals surface area contributed by atoms with Crippen LogP contribution >= 0.6 is 24.0 Å². The van der Waals surface area contributed by atoms with Crippen molar-refractivity contribution in [2.45, 2.75) is 58.7 Å². The highest BCUT2D eigenvalue weighted by atomic mass is 127. The van der Waals surface area contributed by atoms with Crippen LogP contribution in [0.2, 0.25) is 0 Å². The van der Waals surface area contributed by atoms with Crippen LogP contribution in [0.4, 0.5) is 0 Å². The Kier molecular flexibility index (Phi) is 10.1. The number of hydrogen-bond acceptors (Lipinski definition) is 3. The van der Waals surface area contributed by atoms with Gasteiger partial charge in [0.2, 0.25) is 0 Å². The first-order valence-corrected chi connectivity index (χ1v) is 9.42. The quantitative estimate of drug-likeness (QED) is 0.327. The fourth-order valence-corrected chi connectivity index (χ4v) is 2.76. The first-order chi connectivity index (χ1) is 12.4. The molecule has 152 valence electrons. The molecule has 1 saturated heterocycles. The topological polar surface area (TPSA) is 74.8 Å². The summed E-state index contributed by atoms with van der Waals surface area (Å²) >= 11 is 0. The molecule has 1 unspecified atom stereocenters. The van der Waals surface area contributed by atoms with E-state index in [2.05, 4.69) is 41.7 Å². The molecule has 1 fully saturated rings. The molecule has 0 aromatic heterocycles. The molecule has 1 aromatic carbocycles. The van der Waals surface area contributed by atoms with Gasteiger partial charge in [0, 0.05) is 30.8 Å². The van der Waals surface area contributed by atoms with Gasteiger partial charge in [0.15, 0.2) is 5.96 Å². The number of nitrogens with one attached hydrogen (secondary N) is 3. The summed E-state index contributed by atoms with van der Waals surface area (Å²) in [5, 5.41) is 9.57. The van der Waals surface area contributed by atoms with E-state index in [9.17, 15) is 4.79 Å². The van der Waals surface area contributed by atoms with E-state index in [0.717, 1.165) is 37.5 Å². The number of nitrogens with zero attached hydrogens (tertiary/aromatic N) is 1. The van der Waals surface area contributed by atoms with Crippen molar-refractivity contribution in [1.29, 1.82) is 0 Å². The Balaban J connectivity index is 0.00000364. The summed E-state index contributed by atoms with van der Waals surface area (Å²) in [6.45, 7) is 11.0. The summed E-state index contributed by atoms with van der Waals surface area (Å²) in [4.78, 5) is 17.0. The van der Waals surface area contributed by atoms with Gasteiger partial charge in [0.05, 0.1) is 12.6 Å². The van der Waals surface area contributed by atoms with E-state index in [0.29, 0.717) is 18.7 Å². The van der Waals surface area contributed by atoms with E-state index in [1.165, 1.54) is 0 Å². The van der Waals surface area contributed by atoms with Gasteiger partial charge in [-0.1, -0.05) is 12.1 Å². The monoisotopic (exact) mass is 488 g/mol. The van der Waals surface area contributed by atoms with Crippen LogP contribution in [0, 0.1) is 0 Å². The number of halogens is 1. The van der Waals surface area contributed by atoms with Gasteiger partial charge in [-0.05, 0) is 58.2 Å². The van der Waals surface area contributed by atoms with Crippen LogP contribution in [0.25, 0.3) is 0 Å². The molecule has 1 aliphatic rings. The van der Waals surface area contributed by atoms with E-state index in [1.54, 1.807) is 0 Å². The molecule has 0 spiro atoms. The smallest absolute Gasteiger partial charge is 0.251 e. The van der Waals surface area contributed by atoms with E-state index in [1.807, 2.05) is 31.2 Å². The molecule has 3 N–H and O–H groups in total. The number of benzene rings is 1. The molecule has 7 heteroatoms. The minimum Gasteiger partial charge on any atom is -0.376 e. The van der Waals surface area contributed by atoms with Gasteiger partial charge in [0.1, 0.15) is 0 Å². The summed E-state index contributed by atoms with van der Waals surface area (Å²) in [7, 11) is 0. The molecule has 1 atom stereocenters. The second-order valence-corrected chi connectivity index (χ2v) is 7.62. The molecule has 2 rings (SSSR count). The first kappa shape index (κ1) is 23.7. The maximum atomic E-state index is 12.4. The van der Waals surface area contributed by atoms with E-state index < -0.39 is 0 Å². The zero-order chi connectivity index (χ0) is 19.0. The maximum Gasteiger partial charge on any atom is 0.251 e. The number of carbonyl (C=O) groups excluding carboxylic acids is 1.